The fourth-order valence-electron chi connectivity index (χ4n) is 1.06. The van der Waals surface area contributed by atoms with E-state index in [0.717, 1.165) is 17.9 Å². The van der Waals surface area contributed by atoms with E-state index >= 15 is 0 Å². The van der Waals surface area contributed by atoms with E-state index in [0.29, 0.717) is 5.69 Å². The summed E-state index contributed by atoms with van der Waals surface area (Å²) in [7, 11) is 1.62. The molecule has 0 aromatic heterocycles. The van der Waals surface area contributed by atoms with Crippen LogP contribution >= 0.6 is 0 Å². The lowest BCUT2D eigenvalue weighted by Crippen LogP contribution is -2.10. The van der Waals surface area contributed by atoms with Crippen molar-refractivity contribution >= 4 is 5.69 Å². The standard InChI is InChI=1S/C11H17NO2/c1-4-8(2)14-11-6-5-9(13-3)7-10(11)12/h5-8H,4,12H2,1-3H3. The summed E-state index contributed by atoms with van der Waals surface area (Å²) < 4.78 is 10.7. The molecule has 1 rings (SSSR count). The SMILES string of the molecule is CCC(C)Oc1ccc(OC)cc1N. The number of hydrogen-bond donors (Lipinski definition) is 1. The van der Waals surface area contributed by atoms with Gasteiger partial charge in [0.2, 0.25) is 0 Å². The second-order valence-corrected chi connectivity index (χ2v) is 3.24. The van der Waals surface area contributed by atoms with Crippen molar-refractivity contribution in [3.05, 3.63) is 18.2 Å². The van der Waals surface area contributed by atoms with Crippen LogP contribution in [0.5, 0.6) is 11.5 Å². The van der Waals surface area contributed by atoms with Gasteiger partial charge in [-0.15, -0.1) is 0 Å². The van der Waals surface area contributed by atoms with Crippen LogP contribution in [-0.4, -0.2) is 13.2 Å². The van der Waals surface area contributed by atoms with Crippen LogP contribution in [-0.2, 0) is 0 Å². The lowest BCUT2D eigenvalue weighted by atomic mass is 10.2. The first kappa shape index (κ1) is 10.7. The highest BCUT2D eigenvalue weighted by atomic mass is 16.5. The van der Waals surface area contributed by atoms with Crippen LogP contribution in [0.3, 0.4) is 0 Å². The highest BCUT2D eigenvalue weighted by molar-refractivity contribution is 5.56. The monoisotopic (exact) mass is 195 g/mol. The molecule has 0 amide bonds. The number of methoxy groups -OCH3 is 1. The van der Waals surface area contributed by atoms with Crippen LogP contribution in [0.2, 0.25) is 0 Å². The van der Waals surface area contributed by atoms with Crippen molar-refractivity contribution in [3.63, 3.8) is 0 Å². The van der Waals surface area contributed by atoms with Gasteiger partial charge < -0.3 is 15.2 Å². The zero-order valence-electron chi connectivity index (χ0n) is 8.91. The minimum absolute atomic E-state index is 0.186. The minimum Gasteiger partial charge on any atom is -0.497 e. The summed E-state index contributed by atoms with van der Waals surface area (Å²) >= 11 is 0. The maximum absolute atomic E-state index is 5.79. The molecule has 0 radical (unpaired) electrons. The predicted octanol–water partition coefficient (Wildman–Crippen LogP) is 2.45. The third-order valence-corrected chi connectivity index (χ3v) is 2.12. The lowest BCUT2D eigenvalue weighted by molar-refractivity contribution is 0.218. The van der Waals surface area contributed by atoms with Gasteiger partial charge in [-0.3, -0.25) is 0 Å². The molecule has 0 aliphatic heterocycles. The van der Waals surface area contributed by atoms with Gasteiger partial charge >= 0.3 is 0 Å². The Kier molecular flexibility index (Phi) is 3.63. The van der Waals surface area contributed by atoms with E-state index in [-0.39, 0.29) is 6.10 Å². The first-order valence-electron chi connectivity index (χ1n) is 4.77. The molecule has 0 bridgehead atoms. The Balaban J connectivity index is 2.78. The van der Waals surface area contributed by atoms with Crippen LogP contribution in [0.1, 0.15) is 20.3 Å². The second-order valence-electron chi connectivity index (χ2n) is 3.24. The number of anilines is 1. The summed E-state index contributed by atoms with van der Waals surface area (Å²) in [4.78, 5) is 0. The normalized spacial score (nSPS) is 12.2. The smallest absolute Gasteiger partial charge is 0.142 e. The summed E-state index contributed by atoms with van der Waals surface area (Å²) in [6.07, 6.45) is 1.15. The van der Waals surface area contributed by atoms with Crippen molar-refractivity contribution in [2.45, 2.75) is 26.4 Å². The molecule has 3 heteroatoms. The van der Waals surface area contributed by atoms with E-state index < -0.39 is 0 Å². The molecule has 3 nitrogen and oxygen atoms in total. The Hall–Kier alpha value is -1.38. The average molecular weight is 195 g/mol. The van der Waals surface area contributed by atoms with Gasteiger partial charge in [0.1, 0.15) is 11.5 Å². The Labute approximate surface area is 84.8 Å². The fraction of sp³-hybridized carbons (Fsp3) is 0.455. The van der Waals surface area contributed by atoms with E-state index in [2.05, 4.69) is 6.92 Å². The molecule has 1 aromatic rings. The molecule has 0 heterocycles. The maximum Gasteiger partial charge on any atom is 0.142 e. The Morgan fingerprint density at radius 2 is 2.14 bits per heavy atom. The van der Waals surface area contributed by atoms with Crippen LogP contribution in [0.25, 0.3) is 0 Å². The third kappa shape index (κ3) is 2.55. The van der Waals surface area contributed by atoms with Crippen molar-refractivity contribution in [1.82, 2.24) is 0 Å². The minimum atomic E-state index is 0.186. The topological polar surface area (TPSA) is 44.5 Å². The second kappa shape index (κ2) is 4.74. The van der Waals surface area contributed by atoms with Gasteiger partial charge in [-0.1, -0.05) is 6.92 Å². The summed E-state index contributed by atoms with van der Waals surface area (Å²) in [5.74, 6) is 1.47. The van der Waals surface area contributed by atoms with Crippen molar-refractivity contribution < 1.29 is 9.47 Å². The lowest BCUT2D eigenvalue weighted by Gasteiger charge is -2.14. The van der Waals surface area contributed by atoms with E-state index in [1.54, 1.807) is 13.2 Å². The first-order chi connectivity index (χ1) is 6.67. The number of benzene rings is 1. The van der Waals surface area contributed by atoms with Crippen LogP contribution in [0, 0.1) is 0 Å². The van der Waals surface area contributed by atoms with Crippen molar-refractivity contribution in [2.24, 2.45) is 0 Å². The largest absolute Gasteiger partial charge is 0.497 e. The fourth-order valence-corrected chi connectivity index (χ4v) is 1.06. The molecule has 78 valence electrons. The first-order valence-corrected chi connectivity index (χ1v) is 4.77. The Morgan fingerprint density at radius 3 is 2.64 bits per heavy atom. The molecule has 1 unspecified atom stereocenters. The molecule has 0 aliphatic carbocycles. The van der Waals surface area contributed by atoms with Crippen molar-refractivity contribution in [3.8, 4) is 11.5 Å². The van der Waals surface area contributed by atoms with Gasteiger partial charge in [-0.05, 0) is 25.5 Å². The summed E-state index contributed by atoms with van der Waals surface area (Å²) in [5, 5.41) is 0. The molecular weight excluding hydrogens is 178 g/mol. The van der Waals surface area contributed by atoms with E-state index in [4.69, 9.17) is 15.2 Å². The summed E-state index contributed by atoms with van der Waals surface area (Å²) in [6, 6.07) is 5.44. The highest BCUT2D eigenvalue weighted by Gasteiger charge is 2.05. The molecule has 14 heavy (non-hydrogen) atoms. The van der Waals surface area contributed by atoms with Crippen LogP contribution < -0.4 is 15.2 Å². The molecule has 1 aromatic carbocycles. The van der Waals surface area contributed by atoms with E-state index in [9.17, 15) is 0 Å². The predicted molar refractivity (Wildman–Crippen MR) is 57.8 cm³/mol. The van der Waals surface area contributed by atoms with Gasteiger partial charge in [-0.25, -0.2) is 0 Å². The quantitative estimate of drug-likeness (QED) is 0.750. The van der Waals surface area contributed by atoms with Gasteiger partial charge in [0.15, 0.2) is 0 Å². The third-order valence-electron chi connectivity index (χ3n) is 2.12. The molecule has 0 aliphatic rings. The average Bonchev–Trinajstić information content (AvgIpc) is 2.20. The van der Waals surface area contributed by atoms with E-state index in [1.165, 1.54) is 0 Å². The van der Waals surface area contributed by atoms with Crippen molar-refractivity contribution in [2.75, 3.05) is 12.8 Å². The summed E-state index contributed by atoms with van der Waals surface area (Å²) in [6.45, 7) is 4.09. The summed E-state index contributed by atoms with van der Waals surface area (Å²) in [5.41, 5.74) is 6.41. The van der Waals surface area contributed by atoms with Gasteiger partial charge in [0, 0.05) is 6.07 Å². The number of ether oxygens (including phenoxy) is 2. The molecule has 0 spiro atoms. The number of rotatable bonds is 4. The van der Waals surface area contributed by atoms with Gasteiger partial charge in [-0.2, -0.15) is 0 Å². The van der Waals surface area contributed by atoms with Gasteiger partial charge in [0.25, 0.3) is 0 Å². The molecule has 0 saturated heterocycles. The molecule has 0 fully saturated rings. The Morgan fingerprint density at radius 1 is 1.43 bits per heavy atom. The van der Waals surface area contributed by atoms with Crippen LogP contribution in [0.4, 0.5) is 5.69 Å². The number of hydrogen-bond acceptors (Lipinski definition) is 3. The number of nitrogen functional groups attached to an aromatic ring is 1. The highest BCUT2D eigenvalue weighted by Crippen LogP contribution is 2.27. The van der Waals surface area contributed by atoms with Crippen LogP contribution in [0.15, 0.2) is 18.2 Å². The molecule has 0 saturated carbocycles. The van der Waals surface area contributed by atoms with Crippen molar-refractivity contribution in [1.29, 1.82) is 0 Å². The maximum atomic E-state index is 5.79. The molecule has 2 N–H and O–H groups in total. The zero-order chi connectivity index (χ0) is 10.6. The molecular formula is C11H17NO2. The zero-order valence-corrected chi connectivity index (χ0v) is 8.91. The van der Waals surface area contributed by atoms with Gasteiger partial charge in [0.05, 0.1) is 18.9 Å². The number of nitrogens with two attached hydrogens (primary N) is 1. The van der Waals surface area contributed by atoms with E-state index in [1.807, 2.05) is 19.1 Å². The Bertz CT molecular complexity index is 299. The molecule has 1 atom stereocenters.